The third-order valence-corrected chi connectivity index (χ3v) is 5.62. The first kappa shape index (κ1) is 23.8. The number of rotatable bonds is 2. The summed E-state index contributed by atoms with van der Waals surface area (Å²) < 4.78 is 0. The molecule has 146 valence electrons. The van der Waals surface area contributed by atoms with E-state index in [2.05, 4.69) is 114 Å². The molecule has 0 heterocycles. The van der Waals surface area contributed by atoms with Gasteiger partial charge in [0.15, 0.2) is 0 Å². The molecule has 0 aromatic heterocycles. The number of hydrogen-bond acceptors (Lipinski definition) is 0. The maximum Gasteiger partial charge on any atom is -0.0771 e. The van der Waals surface area contributed by atoms with E-state index >= 15 is 0 Å². The smallest absolute Gasteiger partial charge is 0.0771 e. The van der Waals surface area contributed by atoms with Gasteiger partial charge in [-0.05, 0) is 0 Å². The Morgan fingerprint density at radius 1 is 0.857 bits per heavy atom. The maximum atomic E-state index is 3.23. The fraction of sp³-hybridized carbons (Fsp3) is 0.280. The Hall–Kier alpha value is -0.497. The van der Waals surface area contributed by atoms with Crippen LogP contribution in [0.5, 0.6) is 0 Å². The molecule has 0 saturated carbocycles. The minimum atomic E-state index is -0.145. The van der Waals surface area contributed by atoms with Gasteiger partial charge in [-0.25, -0.2) is 0 Å². The van der Waals surface area contributed by atoms with E-state index in [1.54, 1.807) is 5.56 Å². The fourth-order valence-corrected chi connectivity index (χ4v) is 3.83. The van der Waals surface area contributed by atoms with Crippen LogP contribution >= 0.6 is 24.4 Å². The summed E-state index contributed by atoms with van der Waals surface area (Å²) in [5, 5.41) is 5.39. The number of benzene rings is 2. The monoisotopic (exact) mass is 576 g/mol. The van der Waals surface area contributed by atoms with Gasteiger partial charge >= 0.3 is 43.0 Å². The fourth-order valence-electron chi connectivity index (χ4n) is 3.83. The summed E-state index contributed by atoms with van der Waals surface area (Å²) in [5.41, 5.74) is 7.62. The van der Waals surface area contributed by atoms with Gasteiger partial charge in [0.1, 0.15) is 0 Å². The van der Waals surface area contributed by atoms with Gasteiger partial charge in [0.05, 0.1) is 0 Å². The summed E-state index contributed by atoms with van der Waals surface area (Å²) in [6, 6.07) is 19.3. The van der Waals surface area contributed by atoms with Crippen molar-refractivity contribution in [1.82, 2.24) is 0 Å². The van der Waals surface area contributed by atoms with E-state index < -0.39 is 0 Å². The van der Waals surface area contributed by atoms with Gasteiger partial charge in [-0.1, -0.05) is 83.9 Å². The molecule has 0 bridgehead atoms. The van der Waals surface area contributed by atoms with Crippen LogP contribution in [0.3, 0.4) is 0 Å². The maximum absolute atomic E-state index is 3.23. The van der Waals surface area contributed by atoms with Crippen molar-refractivity contribution in [3.8, 4) is 0 Å². The molecule has 3 heteroatoms. The summed E-state index contributed by atoms with van der Waals surface area (Å²) in [6.45, 7) is 11.2. The standard InChI is InChI=1S/C13H9.C12H19.2BrH.Zr/c1-3-7-12-10(5-1)9-11-6-2-4-8-13(11)12;1-6-7-12-10(4)8(2)9(3)11(12)5;;;/h1-9H;6-7H2,1-5H3;2*1H;/q2*-1;;;+4/p-2. The van der Waals surface area contributed by atoms with E-state index in [0.717, 1.165) is 0 Å². The average Bonchev–Trinajstić information content (AvgIpc) is 3.17. The zero-order valence-electron chi connectivity index (χ0n) is 17.4. The average molecular weight is 580 g/mol. The SMILES string of the molecule is CCCc1c(C)c(C)c(C)[c-]1C.[Br][Zr+2][Br].c1ccc2c(c1)[cH-]c1ccccc12. The van der Waals surface area contributed by atoms with Crippen molar-refractivity contribution in [2.24, 2.45) is 0 Å². The molecule has 0 unspecified atom stereocenters. The number of hydrogen-bond donors (Lipinski definition) is 0. The predicted molar refractivity (Wildman–Crippen MR) is 130 cm³/mol. The van der Waals surface area contributed by atoms with Crippen LogP contribution < -0.4 is 0 Å². The van der Waals surface area contributed by atoms with Gasteiger partial charge in [0.2, 0.25) is 0 Å². The van der Waals surface area contributed by atoms with Crippen LogP contribution in [0, 0.1) is 27.7 Å². The summed E-state index contributed by atoms with van der Waals surface area (Å²) in [6.07, 6.45) is 2.50. The summed E-state index contributed by atoms with van der Waals surface area (Å²) in [5.74, 6) is 0. The van der Waals surface area contributed by atoms with Crippen LogP contribution in [0.4, 0.5) is 0 Å². The van der Waals surface area contributed by atoms with Crippen LogP contribution in [0.1, 0.15) is 41.2 Å². The Bertz CT molecular complexity index is 948. The molecule has 0 saturated heterocycles. The zero-order valence-corrected chi connectivity index (χ0v) is 23.0. The molecule has 0 N–H and O–H groups in total. The van der Waals surface area contributed by atoms with Crippen LogP contribution in [0.25, 0.3) is 21.5 Å². The molecule has 0 amide bonds. The van der Waals surface area contributed by atoms with Gasteiger partial charge in [-0.2, -0.15) is 27.8 Å². The summed E-state index contributed by atoms with van der Waals surface area (Å²) in [7, 11) is 0. The van der Waals surface area contributed by atoms with Crippen molar-refractivity contribution in [1.29, 1.82) is 0 Å². The molecule has 28 heavy (non-hydrogen) atoms. The second-order valence-electron chi connectivity index (χ2n) is 7.12. The molecule has 4 aromatic rings. The van der Waals surface area contributed by atoms with E-state index in [4.69, 9.17) is 0 Å². The molecule has 0 atom stereocenters. The van der Waals surface area contributed by atoms with E-state index in [9.17, 15) is 0 Å². The zero-order chi connectivity index (χ0) is 20.7. The molecule has 0 nitrogen and oxygen atoms in total. The van der Waals surface area contributed by atoms with Crippen LogP contribution in [-0.4, -0.2) is 0 Å². The van der Waals surface area contributed by atoms with Gasteiger partial charge in [-0.15, -0.1) is 39.7 Å². The molecular formula is C25H28Br2Zr. The second kappa shape index (κ2) is 11.6. The molecule has 0 radical (unpaired) electrons. The Labute approximate surface area is 192 Å². The summed E-state index contributed by atoms with van der Waals surface area (Å²) in [4.78, 5) is 0. The van der Waals surface area contributed by atoms with Gasteiger partial charge in [-0.3, -0.25) is 0 Å². The minimum absolute atomic E-state index is 0.145. The van der Waals surface area contributed by atoms with Crippen LogP contribution in [0.15, 0.2) is 54.6 Å². The normalized spacial score (nSPS) is 10.1. The molecule has 4 aromatic carbocycles. The van der Waals surface area contributed by atoms with E-state index in [-0.39, 0.29) is 18.5 Å². The predicted octanol–water partition coefficient (Wildman–Crippen LogP) is 8.99. The molecule has 0 aliphatic heterocycles. The van der Waals surface area contributed by atoms with Crippen molar-refractivity contribution in [2.75, 3.05) is 0 Å². The van der Waals surface area contributed by atoms with Crippen LogP contribution in [-0.2, 0) is 25.0 Å². The molecule has 0 aliphatic rings. The van der Waals surface area contributed by atoms with Gasteiger partial charge in [0.25, 0.3) is 0 Å². The Kier molecular flexibility index (Phi) is 9.87. The Morgan fingerprint density at radius 3 is 1.71 bits per heavy atom. The minimum Gasteiger partial charge on any atom is -0.126 e. The first-order chi connectivity index (χ1) is 13.5. The number of halogens is 2. The van der Waals surface area contributed by atoms with Crippen LogP contribution in [0.2, 0.25) is 0 Å². The number of fused-ring (bicyclic) bond motifs is 3. The van der Waals surface area contributed by atoms with E-state index in [0.29, 0.717) is 0 Å². The molecule has 0 spiro atoms. The van der Waals surface area contributed by atoms with Gasteiger partial charge < -0.3 is 0 Å². The quantitative estimate of drug-likeness (QED) is 0.208. The first-order valence-electron chi connectivity index (χ1n) is 9.67. The van der Waals surface area contributed by atoms with Crippen molar-refractivity contribution in [3.63, 3.8) is 0 Å². The Morgan fingerprint density at radius 2 is 1.32 bits per heavy atom. The van der Waals surface area contributed by atoms with Crippen molar-refractivity contribution < 1.29 is 18.5 Å². The van der Waals surface area contributed by atoms with Gasteiger partial charge in [0, 0.05) is 0 Å². The third-order valence-electron chi connectivity index (χ3n) is 5.62. The Balaban J connectivity index is 0.000000177. The van der Waals surface area contributed by atoms with Crippen molar-refractivity contribution >= 4 is 46.0 Å². The van der Waals surface area contributed by atoms with E-state index in [1.165, 1.54) is 56.6 Å². The largest absolute Gasteiger partial charge is 0.126 e. The topological polar surface area (TPSA) is 0 Å². The second-order valence-corrected chi connectivity index (χ2v) is 18.5. The molecule has 4 rings (SSSR count). The molecular weight excluding hydrogens is 551 g/mol. The van der Waals surface area contributed by atoms with Crippen molar-refractivity contribution in [2.45, 2.75) is 47.5 Å². The molecule has 0 aliphatic carbocycles. The third kappa shape index (κ3) is 5.55. The molecule has 0 fully saturated rings. The van der Waals surface area contributed by atoms with Crippen molar-refractivity contribution in [3.05, 3.63) is 82.4 Å². The first-order valence-corrected chi connectivity index (χ1v) is 20.9. The van der Waals surface area contributed by atoms with E-state index in [1.807, 2.05) is 0 Å². The summed E-state index contributed by atoms with van der Waals surface area (Å²) >= 11 is 6.32.